The summed E-state index contributed by atoms with van der Waals surface area (Å²) in [5.74, 6) is -0.382. The number of aliphatic hydroxyl groups is 8. The minimum atomic E-state index is -1.69. The zero-order chi connectivity index (χ0) is 32.7. The molecule has 2 saturated heterocycles. The van der Waals surface area contributed by atoms with E-state index in [1.807, 2.05) is 45.9 Å². The maximum absolute atomic E-state index is 12.9. The van der Waals surface area contributed by atoms with Gasteiger partial charge in [0.05, 0.1) is 26.4 Å². The van der Waals surface area contributed by atoms with Crippen molar-refractivity contribution in [3.63, 3.8) is 0 Å². The lowest BCUT2D eigenvalue weighted by molar-refractivity contribution is -0.312. The van der Waals surface area contributed by atoms with Crippen LogP contribution in [-0.2, 0) is 23.7 Å². The lowest BCUT2D eigenvalue weighted by Gasteiger charge is -2.40. The maximum atomic E-state index is 12.9. The van der Waals surface area contributed by atoms with Crippen LogP contribution >= 0.6 is 0 Å². The third kappa shape index (κ3) is 8.84. The second kappa shape index (κ2) is 16.5. The molecule has 2 aliphatic rings. The maximum Gasteiger partial charge on any atom is 0.513 e. The first-order chi connectivity index (χ1) is 20.8. The fourth-order valence-electron chi connectivity index (χ4n) is 4.92. The van der Waals surface area contributed by atoms with E-state index in [9.17, 15) is 45.6 Å². The van der Waals surface area contributed by atoms with Crippen molar-refractivity contribution in [3.8, 4) is 5.75 Å². The Labute approximate surface area is 255 Å². The fourth-order valence-corrected chi connectivity index (χ4v) is 4.92. The smallest absolute Gasteiger partial charge is 0.434 e. The van der Waals surface area contributed by atoms with Crippen molar-refractivity contribution in [2.75, 3.05) is 33.0 Å². The Morgan fingerprint density at radius 1 is 0.705 bits per heavy atom. The SMILES string of the molecule is CC(C)c1cccc(C(C)C)c1OC(=O)OCC(COC1OC(CO)C(O)C(O)C1O)COC1OC(CO)C(O)C(O)C1O. The van der Waals surface area contributed by atoms with Gasteiger partial charge in [0.15, 0.2) is 12.6 Å². The number of hydrogen-bond acceptors (Lipinski definition) is 15. The number of carbonyl (C=O) groups excluding carboxylic acids is 1. The van der Waals surface area contributed by atoms with Crippen molar-refractivity contribution in [1.29, 1.82) is 0 Å². The molecule has 0 saturated carbocycles. The van der Waals surface area contributed by atoms with Crippen molar-refractivity contribution in [1.82, 2.24) is 0 Å². The van der Waals surface area contributed by atoms with Crippen LogP contribution in [0.4, 0.5) is 4.79 Å². The number of para-hydroxylation sites is 1. The molecule has 0 aliphatic carbocycles. The van der Waals surface area contributed by atoms with Gasteiger partial charge in [-0.05, 0) is 23.0 Å². The molecule has 252 valence electrons. The van der Waals surface area contributed by atoms with E-state index in [2.05, 4.69) is 0 Å². The summed E-state index contributed by atoms with van der Waals surface area (Å²) in [7, 11) is 0. The summed E-state index contributed by atoms with van der Waals surface area (Å²) in [4.78, 5) is 12.9. The summed E-state index contributed by atoms with van der Waals surface area (Å²) in [6.07, 6.45) is -16.4. The molecule has 2 fully saturated rings. The molecule has 0 aromatic heterocycles. The average Bonchev–Trinajstić information content (AvgIpc) is 2.99. The lowest BCUT2D eigenvalue weighted by Crippen LogP contribution is -2.59. The van der Waals surface area contributed by atoms with Crippen LogP contribution < -0.4 is 4.74 Å². The second-order valence-corrected chi connectivity index (χ2v) is 11.7. The Hall–Kier alpha value is -1.99. The number of rotatable bonds is 13. The molecule has 0 amide bonds. The summed E-state index contributed by atoms with van der Waals surface area (Å²) in [5, 5.41) is 79.8. The predicted octanol–water partition coefficient (Wildman–Crippen LogP) is -1.30. The molecule has 10 unspecified atom stereocenters. The van der Waals surface area contributed by atoms with Crippen LogP contribution in [0.25, 0.3) is 0 Å². The van der Waals surface area contributed by atoms with E-state index < -0.39 is 86.7 Å². The normalized spacial score (nSPS) is 33.4. The van der Waals surface area contributed by atoms with E-state index in [4.69, 9.17) is 28.4 Å². The number of aliphatic hydroxyl groups excluding tert-OH is 8. The van der Waals surface area contributed by atoms with Crippen LogP contribution in [0.2, 0.25) is 0 Å². The third-order valence-electron chi connectivity index (χ3n) is 7.63. The minimum absolute atomic E-state index is 0.0446. The predicted molar refractivity (Wildman–Crippen MR) is 150 cm³/mol. The summed E-state index contributed by atoms with van der Waals surface area (Å²) in [6, 6.07) is 5.58. The molecule has 8 N–H and O–H groups in total. The van der Waals surface area contributed by atoms with E-state index in [0.29, 0.717) is 5.75 Å². The van der Waals surface area contributed by atoms with Crippen molar-refractivity contribution in [2.45, 2.75) is 101 Å². The van der Waals surface area contributed by atoms with Crippen LogP contribution in [0, 0.1) is 5.92 Å². The standard InChI is InChI=1S/C29H46O15/c1-13(2)16-6-5-7-17(14(3)4)26(16)44-29(38)41-12-15(10-39-27-24(36)22(34)20(32)18(8-30)42-27)11-40-28-25(37)23(35)21(33)19(9-31)43-28/h5-7,13-15,18-25,27-28,30-37H,8-12H2,1-4H3. The van der Waals surface area contributed by atoms with E-state index in [0.717, 1.165) is 11.1 Å². The molecule has 44 heavy (non-hydrogen) atoms. The highest BCUT2D eigenvalue weighted by molar-refractivity contribution is 5.66. The van der Waals surface area contributed by atoms with E-state index in [1.165, 1.54) is 0 Å². The molecular formula is C29H46O15. The number of ether oxygens (including phenoxy) is 6. The summed E-state index contributed by atoms with van der Waals surface area (Å²) in [5.41, 5.74) is 1.61. The van der Waals surface area contributed by atoms with Gasteiger partial charge in [0.2, 0.25) is 0 Å². The molecule has 2 aliphatic heterocycles. The molecule has 0 radical (unpaired) electrons. The van der Waals surface area contributed by atoms with Crippen molar-refractivity contribution in [2.24, 2.45) is 5.92 Å². The van der Waals surface area contributed by atoms with Gasteiger partial charge in [0.1, 0.15) is 61.2 Å². The van der Waals surface area contributed by atoms with E-state index in [1.54, 1.807) is 0 Å². The van der Waals surface area contributed by atoms with Crippen LogP contribution in [0.3, 0.4) is 0 Å². The fraction of sp³-hybridized carbons (Fsp3) is 0.759. The van der Waals surface area contributed by atoms with Gasteiger partial charge >= 0.3 is 6.16 Å². The first-order valence-corrected chi connectivity index (χ1v) is 14.6. The highest BCUT2D eigenvalue weighted by Gasteiger charge is 2.45. The van der Waals surface area contributed by atoms with Crippen LogP contribution in [0.5, 0.6) is 5.75 Å². The van der Waals surface area contributed by atoms with Crippen molar-refractivity contribution < 1.29 is 74.1 Å². The Morgan fingerprint density at radius 2 is 1.14 bits per heavy atom. The number of benzene rings is 1. The first-order valence-electron chi connectivity index (χ1n) is 14.6. The molecule has 0 spiro atoms. The quantitative estimate of drug-likeness (QED) is 0.0930. The Kier molecular flexibility index (Phi) is 13.7. The van der Waals surface area contributed by atoms with Gasteiger partial charge in [-0.25, -0.2) is 4.79 Å². The van der Waals surface area contributed by atoms with Crippen molar-refractivity contribution >= 4 is 6.16 Å². The van der Waals surface area contributed by atoms with Gasteiger partial charge in [-0.2, -0.15) is 0 Å². The molecule has 15 nitrogen and oxygen atoms in total. The molecule has 0 bridgehead atoms. The van der Waals surface area contributed by atoms with Crippen LogP contribution in [0.1, 0.15) is 50.7 Å². The molecule has 1 aromatic carbocycles. The highest BCUT2D eigenvalue weighted by Crippen LogP contribution is 2.35. The number of hydrogen-bond donors (Lipinski definition) is 8. The van der Waals surface area contributed by atoms with E-state index in [-0.39, 0.29) is 31.7 Å². The topological polar surface area (TPSA) is 234 Å². The molecule has 3 rings (SSSR count). The third-order valence-corrected chi connectivity index (χ3v) is 7.63. The Balaban J connectivity index is 1.72. The van der Waals surface area contributed by atoms with Gasteiger partial charge in [0, 0.05) is 5.92 Å². The number of carbonyl (C=O) groups is 1. The second-order valence-electron chi connectivity index (χ2n) is 11.7. The largest absolute Gasteiger partial charge is 0.513 e. The van der Waals surface area contributed by atoms with Gasteiger partial charge in [0.25, 0.3) is 0 Å². The van der Waals surface area contributed by atoms with Crippen LogP contribution in [-0.4, -0.2) is 141 Å². The average molecular weight is 635 g/mol. The van der Waals surface area contributed by atoms with Gasteiger partial charge in [-0.3, -0.25) is 0 Å². The first kappa shape index (κ1) is 36.5. The van der Waals surface area contributed by atoms with E-state index >= 15 is 0 Å². The van der Waals surface area contributed by atoms with Gasteiger partial charge in [-0.15, -0.1) is 0 Å². The minimum Gasteiger partial charge on any atom is -0.434 e. The molecule has 1 aromatic rings. The van der Waals surface area contributed by atoms with Gasteiger partial charge < -0.3 is 69.3 Å². The van der Waals surface area contributed by atoms with Gasteiger partial charge in [-0.1, -0.05) is 45.9 Å². The summed E-state index contributed by atoms with van der Waals surface area (Å²) < 4.78 is 33.0. The zero-order valence-corrected chi connectivity index (χ0v) is 25.2. The monoisotopic (exact) mass is 634 g/mol. The highest BCUT2D eigenvalue weighted by atomic mass is 16.7. The Morgan fingerprint density at radius 3 is 1.52 bits per heavy atom. The zero-order valence-electron chi connectivity index (χ0n) is 25.2. The molecular weight excluding hydrogens is 588 g/mol. The summed E-state index contributed by atoms with van der Waals surface area (Å²) >= 11 is 0. The molecule has 15 heteroatoms. The van der Waals surface area contributed by atoms with Crippen LogP contribution in [0.15, 0.2) is 18.2 Å². The lowest BCUT2D eigenvalue weighted by atomic mass is 9.94. The molecule has 10 atom stereocenters. The van der Waals surface area contributed by atoms with Crippen molar-refractivity contribution in [3.05, 3.63) is 29.3 Å². The Bertz CT molecular complexity index is 968. The summed E-state index contributed by atoms with van der Waals surface area (Å²) in [6.45, 7) is 5.44. The molecule has 2 heterocycles.